The van der Waals surface area contributed by atoms with Gasteiger partial charge in [-0.25, -0.2) is 4.99 Å². The van der Waals surface area contributed by atoms with E-state index < -0.39 is 12.0 Å². The normalized spacial score (nSPS) is 12.2. The zero-order valence-corrected chi connectivity index (χ0v) is 19.2. The van der Waals surface area contributed by atoms with Crippen molar-refractivity contribution < 1.29 is 19.1 Å². The number of hydrogen-bond donors (Lipinski definition) is 4. The third-order valence-corrected chi connectivity index (χ3v) is 3.72. The largest absolute Gasteiger partial charge is 0.491 e. The highest BCUT2D eigenvalue weighted by molar-refractivity contribution is 14.0. The van der Waals surface area contributed by atoms with Gasteiger partial charge in [-0.2, -0.15) is 0 Å². The van der Waals surface area contributed by atoms with E-state index in [1.54, 1.807) is 6.07 Å². The van der Waals surface area contributed by atoms with E-state index in [-0.39, 0.29) is 48.9 Å². The van der Waals surface area contributed by atoms with Crippen molar-refractivity contribution in [3.8, 4) is 5.75 Å². The van der Waals surface area contributed by atoms with Gasteiger partial charge in [0, 0.05) is 13.1 Å². The van der Waals surface area contributed by atoms with E-state index in [0.29, 0.717) is 18.3 Å². The molecule has 1 atom stereocenters. The number of halogens is 1. The molecule has 0 radical (unpaired) electrons. The molecule has 0 aliphatic rings. The lowest BCUT2D eigenvalue weighted by atomic mass is 10.1. The van der Waals surface area contributed by atoms with Crippen molar-refractivity contribution in [2.45, 2.75) is 39.5 Å². The summed E-state index contributed by atoms with van der Waals surface area (Å²) in [7, 11) is 0. The minimum Gasteiger partial charge on any atom is -0.491 e. The Bertz CT molecular complexity index is 807. The van der Waals surface area contributed by atoms with Crippen LogP contribution in [0.25, 0.3) is 0 Å². The summed E-state index contributed by atoms with van der Waals surface area (Å²) in [5.41, 5.74) is 5.92. The lowest BCUT2D eigenvalue weighted by Crippen LogP contribution is -2.39. The second-order valence-electron chi connectivity index (χ2n) is 6.46. The minimum atomic E-state index is -0.732. The zero-order valence-electron chi connectivity index (χ0n) is 16.8. The molecule has 5 N–H and O–H groups in total. The van der Waals surface area contributed by atoms with Crippen LogP contribution in [0, 0.1) is 0 Å². The summed E-state index contributed by atoms with van der Waals surface area (Å²) in [5.74, 6) is 1.24. The van der Waals surface area contributed by atoms with Crippen molar-refractivity contribution in [3.05, 3.63) is 53.5 Å². The van der Waals surface area contributed by atoms with Crippen molar-refractivity contribution in [3.63, 3.8) is 0 Å². The molecule has 8 nitrogen and oxygen atoms in total. The van der Waals surface area contributed by atoms with Crippen molar-refractivity contribution in [2.75, 3.05) is 13.1 Å². The number of aliphatic hydroxyl groups is 1. The van der Waals surface area contributed by atoms with Gasteiger partial charge in [0.15, 0.2) is 11.7 Å². The second-order valence-corrected chi connectivity index (χ2v) is 6.46. The topological polar surface area (TPSA) is 122 Å². The van der Waals surface area contributed by atoms with E-state index >= 15 is 0 Å². The smallest absolute Gasteiger partial charge is 0.284 e. The number of ether oxygens (including phenoxy) is 1. The summed E-state index contributed by atoms with van der Waals surface area (Å²) < 4.78 is 11.0. The number of primary amides is 1. The molecule has 1 aromatic heterocycles. The van der Waals surface area contributed by atoms with Gasteiger partial charge in [-0.3, -0.25) is 4.79 Å². The number of guanidine groups is 1. The van der Waals surface area contributed by atoms with Crippen LogP contribution in [0.4, 0.5) is 0 Å². The Hall–Kier alpha value is -2.27. The number of aliphatic imine (C=N–C) groups is 1. The van der Waals surface area contributed by atoms with E-state index in [1.807, 2.05) is 45.0 Å². The summed E-state index contributed by atoms with van der Waals surface area (Å²) in [6, 6.07) is 10.6. The van der Waals surface area contributed by atoms with Crippen LogP contribution in [0.3, 0.4) is 0 Å². The fraction of sp³-hybridized carbons (Fsp3) is 0.400. The highest BCUT2D eigenvalue weighted by atomic mass is 127. The number of furan rings is 1. The number of aliphatic hydroxyl groups excluding tert-OH is 1. The lowest BCUT2D eigenvalue weighted by molar-refractivity contribution is 0.0972. The highest BCUT2D eigenvalue weighted by Crippen LogP contribution is 2.20. The number of nitrogens with zero attached hydrogens (tertiary/aromatic N) is 1. The van der Waals surface area contributed by atoms with E-state index in [2.05, 4.69) is 15.6 Å². The Morgan fingerprint density at radius 1 is 1.28 bits per heavy atom. The number of benzene rings is 1. The molecule has 1 unspecified atom stereocenters. The number of rotatable bonds is 9. The van der Waals surface area contributed by atoms with E-state index in [9.17, 15) is 9.90 Å². The van der Waals surface area contributed by atoms with Crippen LogP contribution in [0.15, 0.2) is 45.8 Å². The molecule has 0 fully saturated rings. The first-order chi connectivity index (χ1) is 13.4. The van der Waals surface area contributed by atoms with Gasteiger partial charge < -0.3 is 30.6 Å². The molecular weight excluding hydrogens is 487 g/mol. The first-order valence-corrected chi connectivity index (χ1v) is 9.24. The third-order valence-electron chi connectivity index (χ3n) is 3.72. The Kier molecular flexibility index (Phi) is 10.5. The van der Waals surface area contributed by atoms with Gasteiger partial charge >= 0.3 is 0 Å². The number of nitrogens with two attached hydrogens (primary N) is 1. The molecule has 0 aliphatic heterocycles. The average molecular weight is 516 g/mol. The standard InChI is InChI=1S/C20H28N4O4.HI/c1-4-22-20(23-11-16-8-9-18(28-16)19(21)26)24-12-17(25)14-6-5-7-15(10-14)27-13(2)3;/h5-10,13,17,25H,4,11-12H2,1-3H3,(H2,21,26)(H2,22,23,24);1H. The Morgan fingerprint density at radius 3 is 2.66 bits per heavy atom. The molecule has 2 aromatic rings. The summed E-state index contributed by atoms with van der Waals surface area (Å²) in [5, 5.41) is 16.7. The van der Waals surface area contributed by atoms with Crippen LogP contribution in [-0.2, 0) is 6.54 Å². The van der Waals surface area contributed by atoms with Gasteiger partial charge in [-0.1, -0.05) is 12.1 Å². The quantitative estimate of drug-likeness (QED) is 0.231. The Labute approximate surface area is 187 Å². The SMILES string of the molecule is CCNC(=NCc1ccc(C(N)=O)o1)NCC(O)c1cccc(OC(C)C)c1.I. The number of carbonyl (C=O) groups excluding carboxylic acids is 1. The third kappa shape index (κ3) is 8.32. The monoisotopic (exact) mass is 516 g/mol. The summed E-state index contributed by atoms with van der Waals surface area (Å²) in [6.07, 6.45) is -0.667. The molecule has 0 saturated carbocycles. The molecule has 0 bridgehead atoms. The summed E-state index contributed by atoms with van der Waals surface area (Å²) >= 11 is 0. The van der Waals surface area contributed by atoms with Crippen LogP contribution in [0.2, 0.25) is 0 Å². The van der Waals surface area contributed by atoms with Gasteiger partial charge in [0.1, 0.15) is 18.1 Å². The van der Waals surface area contributed by atoms with Gasteiger partial charge in [-0.05, 0) is 50.6 Å². The molecule has 1 heterocycles. The predicted octanol–water partition coefficient (Wildman–Crippen LogP) is 2.57. The number of hydrogen-bond acceptors (Lipinski definition) is 5. The van der Waals surface area contributed by atoms with Crippen LogP contribution in [0.5, 0.6) is 5.75 Å². The van der Waals surface area contributed by atoms with Crippen LogP contribution in [0.1, 0.15) is 48.8 Å². The maximum absolute atomic E-state index is 11.1. The maximum atomic E-state index is 11.1. The first kappa shape index (κ1) is 24.8. The maximum Gasteiger partial charge on any atom is 0.284 e. The average Bonchev–Trinajstić information content (AvgIpc) is 3.13. The van der Waals surface area contributed by atoms with Crippen LogP contribution < -0.4 is 21.1 Å². The first-order valence-electron chi connectivity index (χ1n) is 9.24. The molecule has 1 aromatic carbocycles. The van der Waals surface area contributed by atoms with Crippen molar-refractivity contribution in [1.29, 1.82) is 0 Å². The summed E-state index contributed by atoms with van der Waals surface area (Å²) in [4.78, 5) is 15.5. The summed E-state index contributed by atoms with van der Waals surface area (Å²) in [6.45, 7) is 7.01. The Balaban J connectivity index is 0.00000420. The molecule has 1 amide bonds. The molecule has 0 aliphatic carbocycles. The van der Waals surface area contributed by atoms with Gasteiger partial charge in [0.2, 0.25) is 0 Å². The molecule has 0 spiro atoms. The predicted molar refractivity (Wildman–Crippen MR) is 123 cm³/mol. The van der Waals surface area contributed by atoms with Crippen molar-refractivity contribution >= 4 is 35.8 Å². The van der Waals surface area contributed by atoms with Gasteiger partial charge in [-0.15, -0.1) is 24.0 Å². The van der Waals surface area contributed by atoms with Gasteiger partial charge in [0.05, 0.1) is 12.2 Å². The van der Waals surface area contributed by atoms with E-state index in [0.717, 1.165) is 11.3 Å². The van der Waals surface area contributed by atoms with Gasteiger partial charge in [0.25, 0.3) is 5.91 Å². The fourth-order valence-electron chi connectivity index (χ4n) is 2.47. The molecule has 0 saturated heterocycles. The fourth-order valence-corrected chi connectivity index (χ4v) is 2.47. The number of amides is 1. The van der Waals surface area contributed by atoms with Crippen molar-refractivity contribution in [2.24, 2.45) is 10.7 Å². The lowest BCUT2D eigenvalue weighted by Gasteiger charge is -2.17. The molecular formula is C20H29IN4O4. The molecule has 29 heavy (non-hydrogen) atoms. The molecule has 2 rings (SSSR count). The van der Waals surface area contributed by atoms with Crippen molar-refractivity contribution in [1.82, 2.24) is 10.6 Å². The van der Waals surface area contributed by atoms with Crippen LogP contribution in [-0.4, -0.2) is 36.2 Å². The van der Waals surface area contributed by atoms with E-state index in [4.69, 9.17) is 14.9 Å². The minimum absolute atomic E-state index is 0. The number of nitrogens with one attached hydrogen (secondary N) is 2. The highest BCUT2D eigenvalue weighted by Gasteiger charge is 2.11. The number of carbonyl (C=O) groups is 1. The molecule has 9 heteroatoms. The zero-order chi connectivity index (χ0) is 20.5. The molecule has 160 valence electrons. The van der Waals surface area contributed by atoms with Crippen LogP contribution >= 0.6 is 24.0 Å². The Morgan fingerprint density at radius 2 is 2.03 bits per heavy atom. The van der Waals surface area contributed by atoms with E-state index in [1.165, 1.54) is 6.07 Å². The second kappa shape index (κ2) is 12.3.